The fraction of sp³-hybridized carbons (Fsp3) is 0.714. The van der Waals surface area contributed by atoms with Crippen molar-refractivity contribution in [2.45, 2.75) is 39.3 Å². The summed E-state index contributed by atoms with van der Waals surface area (Å²) in [5.74, 6) is -0.360. The number of amides is 2. The van der Waals surface area contributed by atoms with Gasteiger partial charge in [0.25, 0.3) is 5.91 Å². The molecule has 0 saturated carbocycles. The summed E-state index contributed by atoms with van der Waals surface area (Å²) in [5, 5.41) is 1.06. The van der Waals surface area contributed by atoms with Crippen molar-refractivity contribution in [3.05, 3.63) is 12.3 Å². The molecule has 7 nitrogen and oxygen atoms in total. The normalized spacial score (nSPS) is 12.9. The Kier molecular flexibility index (Phi) is 7.80. The number of ether oxygens (including phenoxy) is 2. The van der Waals surface area contributed by atoms with E-state index in [1.807, 2.05) is 0 Å². The van der Waals surface area contributed by atoms with Gasteiger partial charge in [-0.3, -0.25) is 14.5 Å². The molecule has 0 aliphatic carbocycles. The molecular formula is C14H26N2O5. The molecule has 0 N–H and O–H groups in total. The molecule has 0 heterocycles. The van der Waals surface area contributed by atoms with Crippen molar-refractivity contribution in [3.8, 4) is 0 Å². The van der Waals surface area contributed by atoms with Gasteiger partial charge in [0, 0.05) is 7.05 Å². The second-order valence-corrected chi connectivity index (χ2v) is 5.49. The number of hydrogen-bond acceptors (Lipinski definition) is 5. The third-order valence-electron chi connectivity index (χ3n) is 2.54. The molecule has 0 radical (unpaired) electrons. The van der Waals surface area contributed by atoms with Gasteiger partial charge in [-0.15, -0.1) is 0 Å². The second kappa shape index (κ2) is 8.51. The van der Waals surface area contributed by atoms with Gasteiger partial charge in [-0.2, -0.15) is 0 Å². The Morgan fingerprint density at radius 3 is 2.24 bits per heavy atom. The van der Waals surface area contributed by atoms with E-state index in [0.29, 0.717) is 0 Å². The van der Waals surface area contributed by atoms with Crippen molar-refractivity contribution in [3.63, 3.8) is 0 Å². The zero-order valence-corrected chi connectivity index (χ0v) is 13.9. The summed E-state index contributed by atoms with van der Waals surface area (Å²) < 4.78 is 10.2. The fourth-order valence-corrected chi connectivity index (χ4v) is 1.34. The Bertz CT molecular complexity index is 376. The predicted molar refractivity (Wildman–Crippen MR) is 78.3 cm³/mol. The first kappa shape index (κ1) is 19.2. The summed E-state index contributed by atoms with van der Waals surface area (Å²) in [4.78, 5) is 30.3. The van der Waals surface area contributed by atoms with Crippen LogP contribution in [-0.4, -0.2) is 61.4 Å². The lowest BCUT2D eigenvalue weighted by molar-refractivity contribution is -0.169. The summed E-state index contributed by atoms with van der Waals surface area (Å²) in [6, 6.07) is -0.367. The first-order valence-corrected chi connectivity index (χ1v) is 6.62. The highest BCUT2D eigenvalue weighted by molar-refractivity contribution is 5.81. The van der Waals surface area contributed by atoms with Gasteiger partial charge in [-0.05, 0) is 33.8 Å². The molecule has 0 aromatic heterocycles. The minimum absolute atomic E-state index is 0.158. The van der Waals surface area contributed by atoms with Gasteiger partial charge < -0.3 is 9.47 Å². The van der Waals surface area contributed by atoms with Gasteiger partial charge in [-0.25, -0.2) is 9.86 Å². The van der Waals surface area contributed by atoms with E-state index in [4.69, 9.17) is 14.3 Å². The molecule has 0 fully saturated rings. The number of hydrogen-bond donors (Lipinski definition) is 0. The molecule has 1 atom stereocenters. The van der Waals surface area contributed by atoms with E-state index in [1.54, 1.807) is 33.8 Å². The van der Waals surface area contributed by atoms with Gasteiger partial charge in [0.15, 0.2) is 0 Å². The molecule has 0 bridgehead atoms. The zero-order chi connectivity index (χ0) is 16.6. The van der Waals surface area contributed by atoms with E-state index in [9.17, 15) is 9.59 Å². The summed E-state index contributed by atoms with van der Waals surface area (Å²) in [5.41, 5.74) is -0.643. The lowest BCUT2D eigenvalue weighted by Gasteiger charge is -2.30. The van der Waals surface area contributed by atoms with Crippen molar-refractivity contribution in [2.24, 2.45) is 0 Å². The third-order valence-corrected chi connectivity index (χ3v) is 2.54. The van der Waals surface area contributed by atoms with Crippen LogP contribution in [0.4, 0.5) is 4.79 Å². The number of methoxy groups -OCH3 is 1. The monoisotopic (exact) mass is 302 g/mol. The highest BCUT2D eigenvalue weighted by atomic mass is 16.7. The maximum absolute atomic E-state index is 12.2. The molecule has 122 valence electrons. The zero-order valence-electron chi connectivity index (χ0n) is 13.9. The van der Waals surface area contributed by atoms with Gasteiger partial charge in [0.1, 0.15) is 12.1 Å². The number of nitrogens with zero attached hydrogens (tertiary/aromatic N) is 2. The van der Waals surface area contributed by atoms with Crippen molar-refractivity contribution in [1.29, 1.82) is 0 Å². The quantitative estimate of drug-likeness (QED) is 0.553. The van der Waals surface area contributed by atoms with Crippen LogP contribution in [0, 0.1) is 0 Å². The molecule has 21 heavy (non-hydrogen) atoms. The number of carbonyl (C=O) groups excluding carboxylic acids is 2. The number of likely N-dealkylation sites (N-methyl/N-ethyl adjacent to an activating group) is 1. The lowest BCUT2D eigenvalue weighted by atomic mass is 10.2. The molecule has 0 rings (SSSR count). The molecule has 0 saturated heterocycles. The SMILES string of the molecule is COC=CC(C)N(CC(=O)N(C)OC)C(=O)OC(C)(C)C. The second-order valence-electron chi connectivity index (χ2n) is 5.49. The molecule has 0 aromatic rings. The van der Waals surface area contributed by atoms with Crippen molar-refractivity contribution >= 4 is 12.0 Å². The van der Waals surface area contributed by atoms with E-state index < -0.39 is 11.7 Å². The molecule has 7 heteroatoms. The van der Waals surface area contributed by atoms with E-state index in [0.717, 1.165) is 5.06 Å². The van der Waals surface area contributed by atoms with Crippen LogP contribution in [0.25, 0.3) is 0 Å². The third kappa shape index (κ3) is 7.55. The largest absolute Gasteiger partial charge is 0.505 e. The van der Waals surface area contributed by atoms with E-state index in [1.165, 1.54) is 32.4 Å². The van der Waals surface area contributed by atoms with Gasteiger partial charge in [0.2, 0.25) is 0 Å². The lowest BCUT2D eigenvalue weighted by Crippen LogP contribution is -2.47. The van der Waals surface area contributed by atoms with Crippen LogP contribution in [-0.2, 0) is 19.1 Å². The van der Waals surface area contributed by atoms with E-state index >= 15 is 0 Å². The summed E-state index contributed by atoms with van der Waals surface area (Å²) in [6.07, 6.45) is 2.53. The Morgan fingerprint density at radius 1 is 1.24 bits per heavy atom. The molecule has 0 aromatic carbocycles. The summed E-state index contributed by atoms with van der Waals surface area (Å²) in [7, 11) is 4.36. The molecule has 2 amide bonds. The number of hydroxylamine groups is 2. The first-order valence-electron chi connectivity index (χ1n) is 6.62. The minimum atomic E-state index is -0.643. The van der Waals surface area contributed by atoms with E-state index in [-0.39, 0.29) is 18.5 Å². The standard InChI is InChI=1S/C14H26N2O5/c1-11(8-9-19-6)16(10-12(17)15(5)20-7)13(18)21-14(2,3)4/h8-9,11H,10H2,1-7H3. The Labute approximate surface area is 126 Å². The van der Waals surface area contributed by atoms with E-state index in [2.05, 4.69) is 0 Å². The van der Waals surface area contributed by atoms with Crippen LogP contribution in [0.1, 0.15) is 27.7 Å². The van der Waals surface area contributed by atoms with Gasteiger partial charge in [0.05, 0.1) is 26.5 Å². The van der Waals surface area contributed by atoms with Crippen molar-refractivity contribution in [2.75, 3.05) is 27.8 Å². The molecular weight excluding hydrogens is 276 g/mol. The van der Waals surface area contributed by atoms with Crippen LogP contribution in [0.5, 0.6) is 0 Å². The molecule has 0 aliphatic heterocycles. The molecule has 0 aliphatic rings. The van der Waals surface area contributed by atoms with Crippen LogP contribution < -0.4 is 0 Å². The highest BCUT2D eigenvalue weighted by Crippen LogP contribution is 2.13. The fourth-order valence-electron chi connectivity index (χ4n) is 1.34. The summed E-state index contributed by atoms with van der Waals surface area (Å²) in [6.45, 7) is 6.90. The van der Waals surface area contributed by atoms with Crippen LogP contribution in [0.3, 0.4) is 0 Å². The number of rotatable bonds is 6. The maximum Gasteiger partial charge on any atom is 0.411 e. The average Bonchev–Trinajstić information content (AvgIpc) is 2.38. The molecule has 0 spiro atoms. The molecule has 1 unspecified atom stereocenters. The number of carbonyl (C=O) groups is 2. The van der Waals surface area contributed by atoms with Gasteiger partial charge in [-0.1, -0.05) is 0 Å². The minimum Gasteiger partial charge on any atom is -0.505 e. The Morgan fingerprint density at radius 2 is 1.81 bits per heavy atom. The highest BCUT2D eigenvalue weighted by Gasteiger charge is 2.28. The van der Waals surface area contributed by atoms with Crippen LogP contribution in [0.15, 0.2) is 12.3 Å². The summed E-state index contributed by atoms with van der Waals surface area (Å²) >= 11 is 0. The smallest absolute Gasteiger partial charge is 0.411 e. The predicted octanol–water partition coefficient (Wildman–Crippen LogP) is 1.79. The maximum atomic E-state index is 12.2. The Hall–Kier alpha value is -1.76. The van der Waals surface area contributed by atoms with Crippen LogP contribution >= 0.6 is 0 Å². The van der Waals surface area contributed by atoms with Gasteiger partial charge >= 0.3 is 6.09 Å². The topological polar surface area (TPSA) is 68.3 Å². The van der Waals surface area contributed by atoms with Crippen LogP contribution in [0.2, 0.25) is 0 Å². The van der Waals surface area contributed by atoms with Crippen molar-refractivity contribution in [1.82, 2.24) is 9.96 Å². The first-order chi connectivity index (χ1) is 9.62. The average molecular weight is 302 g/mol. The Balaban J connectivity index is 5.05. The van der Waals surface area contributed by atoms with Crippen molar-refractivity contribution < 1.29 is 23.9 Å².